The molecule has 1 aliphatic carbocycles. The zero-order valence-corrected chi connectivity index (χ0v) is 10.9. The molecule has 0 aromatic heterocycles. The van der Waals surface area contributed by atoms with Gasteiger partial charge in [-0.3, -0.25) is 4.79 Å². The molecule has 2 aliphatic rings. The molecule has 6 heteroatoms. The van der Waals surface area contributed by atoms with Gasteiger partial charge >= 0.3 is 6.09 Å². The number of hydrogen-bond donors (Lipinski definition) is 1. The normalized spacial score (nSPS) is 22.3. The molecule has 0 aromatic rings. The molecule has 2 amide bonds. The molecular formula is C12H21N3O3. The van der Waals surface area contributed by atoms with Crippen molar-refractivity contribution in [2.75, 3.05) is 33.3 Å². The molecule has 0 atom stereocenters. The highest BCUT2D eigenvalue weighted by atomic mass is 16.5. The lowest BCUT2D eigenvalue weighted by molar-refractivity contribution is -0.134. The van der Waals surface area contributed by atoms with Crippen LogP contribution in [0.25, 0.3) is 0 Å². The summed E-state index contributed by atoms with van der Waals surface area (Å²) in [7, 11) is 1.37. The van der Waals surface area contributed by atoms with Crippen LogP contribution < -0.4 is 5.73 Å². The minimum atomic E-state index is -0.323. The maximum Gasteiger partial charge on any atom is 0.409 e. The highest BCUT2D eigenvalue weighted by molar-refractivity contribution is 5.78. The van der Waals surface area contributed by atoms with E-state index in [2.05, 4.69) is 4.74 Å². The van der Waals surface area contributed by atoms with Crippen LogP contribution in [0.15, 0.2) is 0 Å². The fourth-order valence-corrected chi connectivity index (χ4v) is 2.49. The van der Waals surface area contributed by atoms with Crippen molar-refractivity contribution in [1.29, 1.82) is 0 Å². The fourth-order valence-electron chi connectivity index (χ4n) is 2.49. The van der Waals surface area contributed by atoms with Crippen molar-refractivity contribution in [1.82, 2.24) is 9.80 Å². The predicted molar refractivity (Wildman–Crippen MR) is 65.9 cm³/mol. The van der Waals surface area contributed by atoms with E-state index in [4.69, 9.17) is 5.73 Å². The van der Waals surface area contributed by atoms with E-state index in [9.17, 15) is 9.59 Å². The summed E-state index contributed by atoms with van der Waals surface area (Å²) < 4.78 is 4.66. The van der Waals surface area contributed by atoms with Gasteiger partial charge in [0.1, 0.15) is 0 Å². The second-order valence-electron chi connectivity index (χ2n) is 5.23. The summed E-state index contributed by atoms with van der Waals surface area (Å²) in [5.74, 6) is 0.113. The monoisotopic (exact) mass is 255 g/mol. The Labute approximate surface area is 107 Å². The molecule has 1 saturated heterocycles. The third kappa shape index (κ3) is 2.75. The van der Waals surface area contributed by atoms with Gasteiger partial charge in [-0.25, -0.2) is 4.79 Å². The largest absolute Gasteiger partial charge is 0.453 e. The smallest absolute Gasteiger partial charge is 0.409 e. The maximum atomic E-state index is 12.1. The molecule has 2 fully saturated rings. The highest BCUT2D eigenvalue weighted by Crippen LogP contribution is 2.32. The highest BCUT2D eigenvalue weighted by Gasteiger charge is 2.36. The van der Waals surface area contributed by atoms with Crippen molar-refractivity contribution in [3.8, 4) is 0 Å². The van der Waals surface area contributed by atoms with Crippen LogP contribution in [0.2, 0.25) is 0 Å². The van der Waals surface area contributed by atoms with Crippen molar-refractivity contribution in [3.05, 3.63) is 0 Å². The van der Waals surface area contributed by atoms with E-state index < -0.39 is 0 Å². The second kappa shape index (κ2) is 5.14. The van der Waals surface area contributed by atoms with Crippen LogP contribution in [-0.2, 0) is 9.53 Å². The summed E-state index contributed by atoms with van der Waals surface area (Å²) in [6.45, 7) is 2.22. The summed E-state index contributed by atoms with van der Waals surface area (Å²) in [6, 6.07) is 0. The predicted octanol–water partition coefficient (Wildman–Crippen LogP) is 0.169. The van der Waals surface area contributed by atoms with E-state index in [0.717, 1.165) is 19.3 Å². The van der Waals surface area contributed by atoms with Crippen LogP contribution in [0, 0.1) is 0 Å². The van der Waals surface area contributed by atoms with Gasteiger partial charge in [0.05, 0.1) is 7.11 Å². The van der Waals surface area contributed by atoms with Crippen molar-refractivity contribution in [3.63, 3.8) is 0 Å². The number of methoxy groups -OCH3 is 1. The number of hydrogen-bond acceptors (Lipinski definition) is 4. The van der Waals surface area contributed by atoms with Gasteiger partial charge < -0.3 is 20.3 Å². The number of carbonyl (C=O) groups is 2. The number of amides is 2. The Balaban J connectivity index is 1.78. The molecule has 0 radical (unpaired) electrons. The number of rotatable bonds is 2. The van der Waals surface area contributed by atoms with Gasteiger partial charge in [0.15, 0.2) is 0 Å². The average Bonchev–Trinajstić information content (AvgIpc) is 2.36. The molecule has 2 N–H and O–H groups in total. The standard InChI is InChI=1S/C12H21N3O3/c1-18-11(17)15-7-5-14(6-8-15)10(16)9-12(13)3-2-4-12/h2-9,13H2,1H3. The molecule has 2 rings (SSSR count). The first kappa shape index (κ1) is 13.1. The third-order valence-corrected chi connectivity index (χ3v) is 3.92. The summed E-state index contributed by atoms with van der Waals surface area (Å²) in [6.07, 6.45) is 3.13. The van der Waals surface area contributed by atoms with Gasteiger partial charge in [-0.05, 0) is 19.3 Å². The molecule has 1 heterocycles. The Hall–Kier alpha value is -1.30. The number of ether oxygens (including phenoxy) is 1. The zero-order chi connectivity index (χ0) is 13.2. The molecule has 1 saturated carbocycles. The second-order valence-corrected chi connectivity index (χ2v) is 5.23. The van der Waals surface area contributed by atoms with E-state index in [1.807, 2.05) is 0 Å². The van der Waals surface area contributed by atoms with E-state index in [0.29, 0.717) is 32.6 Å². The Morgan fingerprint density at radius 1 is 1.17 bits per heavy atom. The Morgan fingerprint density at radius 2 is 1.72 bits per heavy atom. The van der Waals surface area contributed by atoms with Crippen LogP contribution in [0.3, 0.4) is 0 Å². The van der Waals surface area contributed by atoms with Gasteiger partial charge in [0.25, 0.3) is 0 Å². The first-order valence-electron chi connectivity index (χ1n) is 6.44. The number of nitrogens with two attached hydrogens (primary N) is 1. The lowest BCUT2D eigenvalue weighted by atomic mass is 9.75. The van der Waals surface area contributed by atoms with Crippen LogP contribution in [0.4, 0.5) is 4.79 Å². The summed E-state index contributed by atoms with van der Waals surface area (Å²) >= 11 is 0. The van der Waals surface area contributed by atoms with Gasteiger partial charge in [-0.1, -0.05) is 0 Å². The number of carbonyl (C=O) groups excluding carboxylic acids is 2. The van der Waals surface area contributed by atoms with E-state index in [1.54, 1.807) is 9.80 Å². The van der Waals surface area contributed by atoms with Crippen LogP contribution in [-0.4, -0.2) is 60.6 Å². The molecule has 102 valence electrons. The minimum absolute atomic E-state index is 0.113. The lowest BCUT2D eigenvalue weighted by Crippen LogP contribution is -2.54. The molecule has 0 bridgehead atoms. The number of piperazine rings is 1. The minimum Gasteiger partial charge on any atom is -0.453 e. The van der Waals surface area contributed by atoms with E-state index in [1.165, 1.54) is 7.11 Å². The van der Waals surface area contributed by atoms with Crippen LogP contribution >= 0.6 is 0 Å². The van der Waals surface area contributed by atoms with Gasteiger partial charge in [0, 0.05) is 38.1 Å². The maximum absolute atomic E-state index is 12.1. The van der Waals surface area contributed by atoms with Gasteiger partial charge in [0.2, 0.25) is 5.91 Å². The first-order chi connectivity index (χ1) is 8.54. The number of nitrogens with zero attached hydrogens (tertiary/aromatic N) is 2. The summed E-state index contributed by atoms with van der Waals surface area (Å²) in [5, 5.41) is 0. The molecule has 0 aromatic carbocycles. The first-order valence-corrected chi connectivity index (χ1v) is 6.44. The van der Waals surface area contributed by atoms with Crippen molar-refractivity contribution in [2.24, 2.45) is 5.73 Å². The molecule has 0 unspecified atom stereocenters. The topological polar surface area (TPSA) is 75.9 Å². The van der Waals surface area contributed by atoms with Crippen molar-refractivity contribution < 1.29 is 14.3 Å². The quantitative estimate of drug-likeness (QED) is 0.763. The van der Waals surface area contributed by atoms with Crippen LogP contribution in [0.1, 0.15) is 25.7 Å². The van der Waals surface area contributed by atoms with Gasteiger partial charge in [-0.15, -0.1) is 0 Å². The van der Waals surface area contributed by atoms with E-state index in [-0.39, 0.29) is 17.5 Å². The molecule has 0 spiro atoms. The van der Waals surface area contributed by atoms with Crippen molar-refractivity contribution >= 4 is 12.0 Å². The SMILES string of the molecule is COC(=O)N1CCN(C(=O)CC2(N)CCC2)CC1. The average molecular weight is 255 g/mol. The summed E-state index contributed by atoms with van der Waals surface area (Å²) in [4.78, 5) is 26.8. The fraction of sp³-hybridized carbons (Fsp3) is 0.833. The molecule has 18 heavy (non-hydrogen) atoms. The lowest BCUT2D eigenvalue weighted by Gasteiger charge is -2.40. The van der Waals surface area contributed by atoms with Crippen molar-refractivity contribution in [2.45, 2.75) is 31.2 Å². The Kier molecular flexibility index (Phi) is 3.75. The molecule has 6 nitrogen and oxygen atoms in total. The Morgan fingerprint density at radius 3 is 2.17 bits per heavy atom. The summed E-state index contributed by atoms with van der Waals surface area (Å²) in [5.41, 5.74) is 5.81. The van der Waals surface area contributed by atoms with E-state index >= 15 is 0 Å². The third-order valence-electron chi connectivity index (χ3n) is 3.92. The molecular weight excluding hydrogens is 234 g/mol. The van der Waals surface area contributed by atoms with Gasteiger partial charge in [-0.2, -0.15) is 0 Å². The zero-order valence-electron chi connectivity index (χ0n) is 10.9. The molecule has 1 aliphatic heterocycles. The van der Waals surface area contributed by atoms with Crippen LogP contribution in [0.5, 0.6) is 0 Å². The Bertz CT molecular complexity index is 333.